The molecular weight excluding hydrogens is 983 g/mol. The number of para-hydroxylation sites is 1. The van der Waals surface area contributed by atoms with Gasteiger partial charge in [0.15, 0.2) is 0 Å². The van der Waals surface area contributed by atoms with Crippen molar-refractivity contribution >= 4 is 5.69 Å². The molecule has 8 aromatic carbocycles. The van der Waals surface area contributed by atoms with Gasteiger partial charge in [-0.2, -0.15) is 0 Å². The van der Waals surface area contributed by atoms with Crippen LogP contribution in [0, 0.1) is 6.92 Å². The second-order valence-electron chi connectivity index (χ2n) is 27.0. The quantitative estimate of drug-likeness (QED) is 0.136. The van der Waals surface area contributed by atoms with E-state index in [2.05, 4.69) is 308 Å². The van der Waals surface area contributed by atoms with Crippen LogP contribution in [0.2, 0.25) is 0 Å². The van der Waals surface area contributed by atoms with Gasteiger partial charge in [0, 0.05) is 25.3 Å². The number of aryl methyl sites for hydroxylation is 1. The number of nitrogens with zero attached hydrogens (tertiary/aromatic N) is 1. The van der Waals surface area contributed by atoms with E-state index in [0.29, 0.717) is 17.8 Å². The minimum atomic E-state index is 0.0580. The van der Waals surface area contributed by atoms with Crippen LogP contribution >= 0.6 is 0 Å². The summed E-state index contributed by atoms with van der Waals surface area (Å²) < 4.78 is 11.1. The second-order valence-corrected chi connectivity index (χ2v) is 27.0. The van der Waals surface area contributed by atoms with Gasteiger partial charge in [-0.1, -0.05) is 282 Å². The lowest BCUT2D eigenvalue weighted by Crippen LogP contribution is -2.14. The van der Waals surface area contributed by atoms with Gasteiger partial charge in [0.25, 0.3) is 0 Å². The molecule has 0 N–H and O–H groups in total. The first kappa shape index (κ1) is 65.0. The molecular formula is C78H101NO2. The van der Waals surface area contributed by atoms with Crippen LogP contribution in [-0.4, -0.2) is 28.3 Å². The molecule has 0 aliphatic rings. The molecule has 0 bridgehead atoms. The van der Waals surface area contributed by atoms with Crippen LogP contribution in [0.15, 0.2) is 176 Å². The van der Waals surface area contributed by atoms with Gasteiger partial charge in [-0.3, -0.25) is 0 Å². The van der Waals surface area contributed by atoms with Crippen LogP contribution in [0.25, 0.3) is 44.5 Å². The fourth-order valence-electron chi connectivity index (χ4n) is 10.8. The molecule has 430 valence electrons. The second kappa shape index (κ2) is 27.8. The van der Waals surface area contributed by atoms with Crippen molar-refractivity contribution in [2.75, 3.05) is 33.2 Å². The highest BCUT2D eigenvalue weighted by atomic mass is 16.5. The molecule has 0 unspecified atom stereocenters. The van der Waals surface area contributed by atoms with Crippen molar-refractivity contribution < 1.29 is 9.47 Å². The largest absolute Gasteiger partial charge is 0.496 e. The van der Waals surface area contributed by atoms with Gasteiger partial charge < -0.3 is 14.4 Å². The molecule has 0 spiro atoms. The maximum atomic E-state index is 5.53. The maximum Gasteiger partial charge on any atom is 0.130 e. The van der Waals surface area contributed by atoms with Gasteiger partial charge in [0.1, 0.15) is 11.5 Å². The van der Waals surface area contributed by atoms with E-state index in [-0.39, 0.29) is 21.7 Å². The number of ether oxygens (including phenoxy) is 2. The first-order chi connectivity index (χ1) is 37.9. The van der Waals surface area contributed by atoms with E-state index in [1.54, 1.807) is 14.2 Å². The summed E-state index contributed by atoms with van der Waals surface area (Å²) in [5.74, 6) is 3.25. The molecule has 3 nitrogen and oxygen atoms in total. The minimum Gasteiger partial charge on any atom is -0.496 e. The zero-order valence-electron chi connectivity index (χ0n) is 54.2. The highest BCUT2D eigenvalue weighted by molar-refractivity contribution is 5.82. The number of hydrogen-bond acceptors (Lipinski definition) is 3. The zero-order chi connectivity index (χ0) is 60.2. The Kier molecular flexibility index (Phi) is 22.3. The molecule has 3 heteroatoms. The molecule has 0 heterocycles. The third-order valence-corrected chi connectivity index (χ3v) is 15.2. The third-order valence-electron chi connectivity index (χ3n) is 15.2. The van der Waals surface area contributed by atoms with Crippen LogP contribution in [0.3, 0.4) is 0 Å². The Labute approximate surface area is 493 Å². The lowest BCUT2D eigenvalue weighted by Gasteiger charge is -2.28. The summed E-state index contributed by atoms with van der Waals surface area (Å²) in [7, 11) is 7.58. The van der Waals surface area contributed by atoms with Gasteiger partial charge >= 0.3 is 0 Å². The standard InChI is InChI=1S/C25H36.C18H23N.C18H22O2.C17H20/c1-16(2)19-14-21(17(3)4)24(22(15-19)18(5)6)20-12-10-11-13-23(20)25(7,8)9;1-18(2,3)16-12-8-6-10-14(16)15-11-7-9-13-17(15)19(4)5;1-18(2,3)14-10-7-6-9-13(14)17-15(19-4)11-8-12-16(17)20-5;1-13-9-5-6-10-14(13)15-11-7-8-12-16(15)17(2,3)4/h10-18H,1-9H3;6-13H,1-5H3;6-12H,1-5H3;5-12H,1-4H3. The normalized spacial score (nSPS) is 11.7. The Balaban J connectivity index is 0.000000200. The minimum absolute atomic E-state index is 0.0580. The number of anilines is 1. The van der Waals surface area contributed by atoms with Crippen molar-refractivity contribution in [3.8, 4) is 56.0 Å². The summed E-state index contributed by atoms with van der Waals surface area (Å²) in [6.07, 6.45) is 0. The number of rotatable bonds is 10. The third kappa shape index (κ3) is 16.7. The Morgan fingerprint density at radius 3 is 0.988 bits per heavy atom. The molecule has 0 amide bonds. The van der Waals surface area contributed by atoms with Crippen molar-refractivity contribution in [3.05, 3.63) is 220 Å². The van der Waals surface area contributed by atoms with Crippen LogP contribution in [0.1, 0.15) is 187 Å². The highest BCUT2D eigenvalue weighted by Crippen LogP contribution is 2.45. The summed E-state index contributed by atoms with van der Waals surface area (Å²) >= 11 is 0. The average Bonchev–Trinajstić information content (AvgIpc) is 3.47. The van der Waals surface area contributed by atoms with Crippen molar-refractivity contribution in [2.45, 2.75) is 171 Å². The lowest BCUT2D eigenvalue weighted by atomic mass is 9.76. The Morgan fingerprint density at radius 2 is 0.642 bits per heavy atom. The van der Waals surface area contributed by atoms with Gasteiger partial charge in [-0.05, 0) is 142 Å². The molecule has 0 aliphatic carbocycles. The van der Waals surface area contributed by atoms with Crippen LogP contribution < -0.4 is 14.4 Å². The maximum absolute atomic E-state index is 5.53. The summed E-state index contributed by atoms with van der Waals surface area (Å²) in [4.78, 5) is 2.18. The van der Waals surface area contributed by atoms with Crippen LogP contribution in [0.4, 0.5) is 5.69 Å². The molecule has 0 radical (unpaired) electrons. The van der Waals surface area contributed by atoms with E-state index in [9.17, 15) is 0 Å². The first-order valence-corrected chi connectivity index (χ1v) is 29.5. The molecule has 81 heavy (non-hydrogen) atoms. The van der Waals surface area contributed by atoms with E-state index in [1.165, 1.54) is 83.6 Å². The van der Waals surface area contributed by atoms with E-state index in [1.807, 2.05) is 18.2 Å². The molecule has 0 fully saturated rings. The van der Waals surface area contributed by atoms with E-state index in [0.717, 1.165) is 22.6 Å². The van der Waals surface area contributed by atoms with Gasteiger partial charge in [0.2, 0.25) is 0 Å². The zero-order valence-corrected chi connectivity index (χ0v) is 54.2. The fourth-order valence-corrected chi connectivity index (χ4v) is 10.8. The van der Waals surface area contributed by atoms with Crippen molar-refractivity contribution in [1.29, 1.82) is 0 Å². The molecule has 8 aromatic rings. The molecule has 0 saturated heterocycles. The van der Waals surface area contributed by atoms with Gasteiger partial charge in [-0.15, -0.1) is 0 Å². The van der Waals surface area contributed by atoms with E-state index in [4.69, 9.17) is 9.47 Å². The lowest BCUT2D eigenvalue weighted by molar-refractivity contribution is 0.397. The predicted molar refractivity (Wildman–Crippen MR) is 357 cm³/mol. The first-order valence-electron chi connectivity index (χ1n) is 29.5. The Hall–Kier alpha value is -6.84. The molecule has 0 atom stereocenters. The number of hydrogen-bond donors (Lipinski definition) is 0. The van der Waals surface area contributed by atoms with E-state index < -0.39 is 0 Å². The van der Waals surface area contributed by atoms with Crippen molar-refractivity contribution in [1.82, 2.24) is 0 Å². The van der Waals surface area contributed by atoms with Crippen molar-refractivity contribution in [2.24, 2.45) is 0 Å². The molecule has 0 aromatic heterocycles. The smallest absolute Gasteiger partial charge is 0.130 e. The van der Waals surface area contributed by atoms with Crippen LogP contribution in [-0.2, 0) is 21.7 Å². The number of benzene rings is 8. The van der Waals surface area contributed by atoms with Crippen molar-refractivity contribution in [3.63, 3.8) is 0 Å². The van der Waals surface area contributed by atoms with E-state index >= 15 is 0 Å². The fraction of sp³-hybridized carbons (Fsp3) is 0.385. The average molecular weight is 1080 g/mol. The predicted octanol–water partition coefficient (Wildman–Crippen LogP) is 22.4. The molecule has 0 aliphatic heterocycles. The monoisotopic (exact) mass is 1080 g/mol. The summed E-state index contributed by atoms with van der Waals surface area (Å²) in [6, 6.07) is 62.8. The highest BCUT2D eigenvalue weighted by Gasteiger charge is 2.26. The Bertz CT molecular complexity index is 3230. The molecule has 8 rings (SSSR count). The van der Waals surface area contributed by atoms with Gasteiger partial charge in [0.05, 0.1) is 19.8 Å². The summed E-state index contributed by atoms with van der Waals surface area (Å²) in [6.45, 7) is 43.3. The summed E-state index contributed by atoms with van der Waals surface area (Å²) in [5, 5.41) is 0. The SMILES string of the molecule is CC(C)c1cc(C(C)C)c(-c2ccccc2C(C)(C)C)c(C(C)C)c1.CN(C)c1ccccc1-c1ccccc1C(C)(C)C.COc1cccc(OC)c1-c1ccccc1C(C)(C)C.Cc1ccccc1-c1ccccc1C(C)(C)C. The van der Waals surface area contributed by atoms with Gasteiger partial charge in [-0.25, -0.2) is 0 Å². The molecule has 0 saturated carbocycles. The Morgan fingerprint density at radius 1 is 0.333 bits per heavy atom. The summed E-state index contributed by atoms with van der Waals surface area (Å²) in [5.41, 5.74) is 23.5. The van der Waals surface area contributed by atoms with Crippen LogP contribution in [0.5, 0.6) is 11.5 Å². The number of methoxy groups -OCH3 is 2. The topological polar surface area (TPSA) is 21.7 Å².